The van der Waals surface area contributed by atoms with Gasteiger partial charge in [-0.3, -0.25) is 0 Å². The van der Waals surface area contributed by atoms with E-state index in [4.69, 9.17) is 22.7 Å². The molecule has 0 aliphatic rings. The molecule has 5 heteroatoms. The molecule has 2 N–H and O–H groups in total. The van der Waals surface area contributed by atoms with Crippen LogP contribution in [0.5, 0.6) is 5.75 Å². The first-order chi connectivity index (χ1) is 10.0. The number of thiocarbonyl (C=S) groups is 1. The fourth-order valence-corrected chi connectivity index (χ4v) is 2.21. The summed E-state index contributed by atoms with van der Waals surface area (Å²) in [7, 11) is 3.34. The third-order valence-corrected chi connectivity index (χ3v) is 3.48. The second-order valence-electron chi connectivity index (χ2n) is 4.70. The molecule has 0 amide bonds. The summed E-state index contributed by atoms with van der Waals surface area (Å²) >= 11 is 4.97. The van der Waals surface area contributed by atoms with Crippen molar-refractivity contribution in [1.82, 2.24) is 0 Å². The highest BCUT2D eigenvalue weighted by Gasteiger charge is 2.11. The molecule has 0 atom stereocenters. The molecule has 0 unspecified atom stereocenters. The highest BCUT2D eigenvalue weighted by molar-refractivity contribution is 7.80. The Balaban J connectivity index is 2.24. The molecule has 0 bridgehead atoms. The van der Waals surface area contributed by atoms with Crippen LogP contribution in [0, 0.1) is 5.82 Å². The number of methoxy groups -OCH3 is 1. The molecular weight excluding hydrogens is 287 g/mol. The first-order valence-electron chi connectivity index (χ1n) is 6.45. The average molecular weight is 304 g/mol. The molecule has 2 aromatic rings. The SMILES string of the molecule is COc1cccc(CN(C)c2cccc(C(N)=S)c2)c1F. The van der Waals surface area contributed by atoms with Gasteiger partial charge >= 0.3 is 0 Å². The number of nitrogens with two attached hydrogens (primary N) is 1. The Labute approximate surface area is 129 Å². The topological polar surface area (TPSA) is 38.5 Å². The largest absolute Gasteiger partial charge is 0.494 e. The lowest BCUT2D eigenvalue weighted by Crippen LogP contribution is -2.18. The third-order valence-electron chi connectivity index (χ3n) is 3.24. The van der Waals surface area contributed by atoms with Crippen LogP contribution in [-0.2, 0) is 6.54 Å². The van der Waals surface area contributed by atoms with Crippen LogP contribution in [0.15, 0.2) is 42.5 Å². The zero-order chi connectivity index (χ0) is 15.4. The molecule has 110 valence electrons. The minimum absolute atomic E-state index is 0.248. The number of rotatable bonds is 5. The van der Waals surface area contributed by atoms with Crippen LogP contribution < -0.4 is 15.4 Å². The van der Waals surface area contributed by atoms with Gasteiger partial charge in [-0.05, 0) is 18.2 Å². The Morgan fingerprint density at radius 3 is 2.67 bits per heavy atom. The maximum atomic E-state index is 14.2. The Morgan fingerprint density at radius 2 is 2.00 bits per heavy atom. The van der Waals surface area contributed by atoms with E-state index in [1.807, 2.05) is 36.2 Å². The van der Waals surface area contributed by atoms with Crippen molar-refractivity contribution in [3.05, 3.63) is 59.4 Å². The van der Waals surface area contributed by atoms with E-state index < -0.39 is 0 Å². The van der Waals surface area contributed by atoms with Crippen molar-refractivity contribution in [2.45, 2.75) is 6.54 Å². The Kier molecular flexibility index (Phi) is 4.75. The first kappa shape index (κ1) is 15.3. The van der Waals surface area contributed by atoms with Gasteiger partial charge in [0, 0.05) is 30.4 Å². The van der Waals surface area contributed by atoms with Crippen LogP contribution in [-0.4, -0.2) is 19.1 Å². The van der Waals surface area contributed by atoms with Gasteiger partial charge in [0.1, 0.15) is 4.99 Å². The minimum Gasteiger partial charge on any atom is -0.494 e. The summed E-state index contributed by atoms with van der Waals surface area (Å²) in [5, 5.41) is 0. The van der Waals surface area contributed by atoms with Gasteiger partial charge in [0.05, 0.1) is 7.11 Å². The molecule has 21 heavy (non-hydrogen) atoms. The maximum Gasteiger partial charge on any atom is 0.170 e. The highest BCUT2D eigenvalue weighted by Crippen LogP contribution is 2.23. The van der Waals surface area contributed by atoms with Crippen LogP contribution >= 0.6 is 12.2 Å². The van der Waals surface area contributed by atoms with Gasteiger partial charge in [-0.2, -0.15) is 0 Å². The van der Waals surface area contributed by atoms with Gasteiger partial charge in [-0.15, -0.1) is 0 Å². The van der Waals surface area contributed by atoms with Gasteiger partial charge in [-0.25, -0.2) is 4.39 Å². The summed E-state index contributed by atoms with van der Waals surface area (Å²) in [4.78, 5) is 2.28. The van der Waals surface area contributed by atoms with E-state index in [0.29, 0.717) is 17.1 Å². The number of hydrogen-bond donors (Lipinski definition) is 1. The highest BCUT2D eigenvalue weighted by atomic mass is 32.1. The number of nitrogens with zero attached hydrogens (tertiary/aromatic N) is 1. The minimum atomic E-state index is -0.336. The zero-order valence-electron chi connectivity index (χ0n) is 12.0. The van der Waals surface area contributed by atoms with E-state index in [2.05, 4.69) is 0 Å². The second-order valence-corrected chi connectivity index (χ2v) is 5.14. The van der Waals surface area contributed by atoms with Crippen molar-refractivity contribution >= 4 is 22.9 Å². The van der Waals surface area contributed by atoms with Gasteiger partial charge in [-0.1, -0.05) is 36.5 Å². The standard InChI is InChI=1S/C16H17FN2OS/c1-19(13-7-3-5-11(9-13)16(18)21)10-12-6-4-8-14(20-2)15(12)17/h3-9H,10H2,1-2H3,(H2,18,21). The summed E-state index contributed by atoms with van der Waals surface area (Å²) in [6, 6.07) is 12.7. The second kappa shape index (κ2) is 6.54. The summed E-state index contributed by atoms with van der Waals surface area (Å²) in [5.74, 6) is -0.0878. The summed E-state index contributed by atoms with van der Waals surface area (Å²) in [6.45, 7) is 0.420. The quantitative estimate of drug-likeness (QED) is 0.862. The van der Waals surface area contributed by atoms with Crippen LogP contribution in [0.3, 0.4) is 0 Å². The molecule has 2 aromatic carbocycles. The lowest BCUT2D eigenvalue weighted by atomic mass is 10.1. The lowest BCUT2D eigenvalue weighted by molar-refractivity contribution is 0.384. The number of anilines is 1. The smallest absolute Gasteiger partial charge is 0.170 e. The predicted molar refractivity (Wildman–Crippen MR) is 87.4 cm³/mol. The van der Waals surface area contributed by atoms with Crippen LogP contribution in [0.2, 0.25) is 0 Å². The van der Waals surface area contributed by atoms with Crippen molar-refractivity contribution in [2.24, 2.45) is 5.73 Å². The van der Waals surface area contributed by atoms with Gasteiger partial charge in [0.15, 0.2) is 11.6 Å². The first-order valence-corrected chi connectivity index (χ1v) is 6.86. The van der Waals surface area contributed by atoms with Crippen molar-refractivity contribution in [3.8, 4) is 5.75 Å². The normalized spacial score (nSPS) is 10.2. The molecule has 2 rings (SSSR count). The van der Waals surface area contributed by atoms with Gasteiger partial charge < -0.3 is 15.4 Å². The monoisotopic (exact) mass is 304 g/mol. The molecule has 0 aromatic heterocycles. The van der Waals surface area contributed by atoms with Gasteiger partial charge in [0.25, 0.3) is 0 Å². The number of hydrogen-bond acceptors (Lipinski definition) is 3. The van der Waals surface area contributed by atoms with E-state index in [1.54, 1.807) is 18.2 Å². The molecule has 3 nitrogen and oxygen atoms in total. The summed E-state index contributed by atoms with van der Waals surface area (Å²) < 4.78 is 19.2. The lowest BCUT2D eigenvalue weighted by Gasteiger charge is -2.21. The predicted octanol–water partition coefficient (Wildman–Crippen LogP) is 3.10. The van der Waals surface area contributed by atoms with Crippen molar-refractivity contribution in [3.63, 3.8) is 0 Å². The Hall–Kier alpha value is -2.14. The van der Waals surface area contributed by atoms with Crippen molar-refractivity contribution < 1.29 is 9.13 Å². The molecule has 0 aliphatic heterocycles. The molecule has 0 saturated carbocycles. The molecule has 0 saturated heterocycles. The van der Waals surface area contributed by atoms with Gasteiger partial charge in [0.2, 0.25) is 0 Å². The Bertz CT molecular complexity index is 660. The fourth-order valence-electron chi connectivity index (χ4n) is 2.08. The van der Waals surface area contributed by atoms with Crippen LogP contribution in [0.25, 0.3) is 0 Å². The Morgan fingerprint density at radius 1 is 1.29 bits per heavy atom. The number of benzene rings is 2. The summed E-state index contributed by atoms with van der Waals surface area (Å²) in [5.41, 5.74) is 7.91. The molecule has 0 aliphatic carbocycles. The average Bonchev–Trinajstić information content (AvgIpc) is 2.49. The van der Waals surface area contributed by atoms with Crippen molar-refractivity contribution in [1.29, 1.82) is 0 Å². The third kappa shape index (κ3) is 3.49. The molecule has 0 heterocycles. The van der Waals surface area contributed by atoms with E-state index in [-0.39, 0.29) is 11.6 Å². The molecule has 0 spiro atoms. The summed E-state index contributed by atoms with van der Waals surface area (Å²) in [6.07, 6.45) is 0. The zero-order valence-corrected chi connectivity index (χ0v) is 12.8. The number of halogens is 1. The van der Waals surface area contributed by atoms with E-state index >= 15 is 0 Å². The molecular formula is C16H17FN2OS. The van der Waals surface area contributed by atoms with E-state index in [1.165, 1.54) is 7.11 Å². The van der Waals surface area contributed by atoms with Crippen LogP contribution in [0.4, 0.5) is 10.1 Å². The number of ether oxygens (including phenoxy) is 1. The van der Waals surface area contributed by atoms with Crippen LogP contribution in [0.1, 0.15) is 11.1 Å². The fraction of sp³-hybridized carbons (Fsp3) is 0.188. The van der Waals surface area contributed by atoms with Crippen molar-refractivity contribution in [2.75, 3.05) is 19.1 Å². The molecule has 0 radical (unpaired) electrons. The van der Waals surface area contributed by atoms with E-state index in [0.717, 1.165) is 11.3 Å². The maximum absolute atomic E-state index is 14.2. The molecule has 0 fully saturated rings. The van der Waals surface area contributed by atoms with E-state index in [9.17, 15) is 4.39 Å².